The Morgan fingerprint density at radius 3 is 2.09 bits per heavy atom. The minimum absolute atomic E-state index is 0.00301. The molecule has 0 fully saturated rings. The Hall–Kier alpha value is -4.70. The van der Waals surface area contributed by atoms with Crippen LogP contribution in [0, 0.1) is 12.7 Å². The number of nitrogens with one attached hydrogen (secondary N) is 1. The zero-order valence-electron chi connectivity index (χ0n) is 27.4. The molecule has 0 saturated carbocycles. The normalized spacial score (nSPS) is 12.2. The summed E-state index contributed by atoms with van der Waals surface area (Å²) in [4.78, 5) is 29.8. The molecular formula is C37H42FN3O5S. The Kier molecular flexibility index (Phi) is 11.4. The molecule has 0 heterocycles. The summed E-state index contributed by atoms with van der Waals surface area (Å²) in [5, 5.41) is 2.97. The smallest absolute Gasteiger partial charge is 0.264 e. The minimum Gasteiger partial charge on any atom is -0.494 e. The van der Waals surface area contributed by atoms with Gasteiger partial charge in [0, 0.05) is 24.1 Å². The van der Waals surface area contributed by atoms with Gasteiger partial charge in [0.1, 0.15) is 24.2 Å². The molecule has 1 N–H and O–H groups in total. The molecule has 0 radical (unpaired) electrons. The van der Waals surface area contributed by atoms with Gasteiger partial charge in [0.15, 0.2) is 0 Å². The van der Waals surface area contributed by atoms with Gasteiger partial charge in [-0.3, -0.25) is 13.9 Å². The molecule has 0 aliphatic carbocycles. The van der Waals surface area contributed by atoms with Crippen molar-refractivity contribution in [2.75, 3.05) is 17.5 Å². The van der Waals surface area contributed by atoms with Crippen molar-refractivity contribution in [3.8, 4) is 5.75 Å². The van der Waals surface area contributed by atoms with Gasteiger partial charge in [-0.25, -0.2) is 12.8 Å². The highest BCUT2D eigenvalue weighted by molar-refractivity contribution is 7.92. The van der Waals surface area contributed by atoms with Crippen LogP contribution in [0.4, 0.5) is 10.1 Å². The van der Waals surface area contributed by atoms with E-state index in [2.05, 4.69) is 5.32 Å². The average molecular weight is 660 g/mol. The van der Waals surface area contributed by atoms with E-state index in [0.717, 1.165) is 15.4 Å². The summed E-state index contributed by atoms with van der Waals surface area (Å²) in [7, 11) is -4.27. The van der Waals surface area contributed by atoms with Crippen LogP contribution in [0.15, 0.2) is 108 Å². The number of carbonyl (C=O) groups is 2. The fourth-order valence-corrected chi connectivity index (χ4v) is 6.47. The standard InChI is InChI=1S/C37H42FN3O5S/c1-6-46-31-20-18-30(19-21-31)41(47(44,45)32-22-16-27(2)17-23-32)26-35(42)40(25-29-14-10-11-15-33(29)38)34(36(43)39-37(3,4)5)24-28-12-8-7-9-13-28/h7-23,34H,6,24-26H2,1-5H3,(H,39,43). The molecule has 4 rings (SSSR count). The van der Waals surface area contributed by atoms with Crippen molar-refractivity contribution in [1.29, 1.82) is 0 Å². The second-order valence-corrected chi connectivity index (χ2v) is 14.2. The van der Waals surface area contributed by atoms with E-state index >= 15 is 4.39 Å². The van der Waals surface area contributed by atoms with Crippen LogP contribution in [0.1, 0.15) is 44.4 Å². The minimum atomic E-state index is -4.27. The number of amides is 2. The fraction of sp³-hybridized carbons (Fsp3) is 0.297. The molecule has 0 spiro atoms. The maximum absolute atomic E-state index is 15.1. The predicted molar refractivity (Wildman–Crippen MR) is 182 cm³/mol. The second kappa shape index (κ2) is 15.3. The monoisotopic (exact) mass is 659 g/mol. The predicted octanol–water partition coefficient (Wildman–Crippen LogP) is 6.28. The van der Waals surface area contributed by atoms with Gasteiger partial charge in [0.25, 0.3) is 10.0 Å². The van der Waals surface area contributed by atoms with Crippen LogP contribution < -0.4 is 14.4 Å². The zero-order valence-corrected chi connectivity index (χ0v) is 28.3. The third-order valence-electron chi connectivity index (χ3n) is 7.39. The van der Waals surface area contributed by atoms with E-state index in [4.69, 9.17) is 4.74 Å². The number of rotatable bonds is 13. The van der Waals surface area contributed by atoms with Gasteiger partial charge in [-0.15, -0.1) is 0 Å². The largest absolute Gasteiger partial charge is 0.494 e. The molecule has 10 heteroatoms. The summed E-state index contributed by atoms with van der Waals surface area (Å²) in [5.74, 6) is -1.13. The van der Waals surface area contributed by atoms with Crippen molar-refractivity contribution >= 4 is 27.5 Å². The van der Waals surface area contributed by atoms with Crippen molar-refractivity contribution in [2.24, 2.45) is 0 Å². The van der Waals surface area contributed by atoms with Gasteiger partial charge in [-0.2, -0.15) is 0 Å². The highest BCUT2D eigenvalue weighted by Gasteiger charge is 2.36. The molecule has 8 nitrogen and oxygen atoms in total. The molecule has 47 heavy (non-hydrogen) atoms. The Balaban J connectivity index is 1.82. The Labute approximate surface area is 277 Å². The molecule has 0 aliphatic rings. The number of nitrogens with zero attached hydrogens (tertiary/aromatic N) is 2. The molecular weight excluding hydrogens is 617 g/mol. The van der Waals surface area contributed by atoms with Gasteiger partial charge in [-0.05, 0) is 82.6 Å². The third-order valence-corrected chi connectivity index (χ3v) is 9.18. The van der Waals surface area contributed by atoms with Gasteiger partial charge in [0.05, 0.1) is 17.2 Å². The molecule has 0 aliphatic heterocycles. The number of ether oxygens (including phenoxy) is 1. The van der Waals surface area contributed by atoms with E-state index in [1.54, 1.807) is 54.6 Å². The van der Waals surface area contributed by atoms with Crippen LogP contribution >= 0.6 is 0 Å². The zero-order chi connectivity index (χ0) is 34.2. The Morgan fingerprint density at radius 1 is 0.872 bits per heavy atom. The van der Waals surface area contributed by atoms with Gasteiger partial charge in [-0.1, -0.05) is 66.2 Å². The lowest BCUT2D eigenvalue weighted by molar-refractivity contribution is -0.140. The lowest BCUT2D eigenvalue weighted by Gasteiger charge is -2.35. The van der Waals surface area contributed by atoms with E-state index in [1.165, 1.54) is 23.1 Å². The van der Waals surface area contributed by atoms with Crippen LogP contribution in [0.2, 0.25) is 0 Å². The summed E-state index contributed by atoms with van der Waals surface area (Å²) in [6.45, 7) is 8.69. The van der Waals surface area contributed by atoms with Crippen molar-refractivity contribution in [3.63, 3.8) is 0 Å². The first-order valence-corrected chi connectivity index (χ1v) is 16.9. The first-order valence-electron chi connectivity index (χ1n) is 15.5. The maximum Gasteiger partial charge on any atom is 0.264 e. The van der Waals surface area contributed by atoms with Crippen LogP contribution in [0.25, 0.3) is 0 Å². The number of carbonyl (C=O) groups excluding carboxylic acids is 2. The molecule has 1 unspecified atom stereocenters. The number of anilines is 1. The van der Waals surface area contributed by atoms with Crippen LogP contribution in [0.3, 0.4) is 0 Å². The summed E-state index contributed by atoms with van der Waals surface area (Å²) >= 11 is 0. The molecule has 1 atom stereocenters. The van der Waals surface area contributed by atoms with E-state index < -0.39 is 45.8 Å². The first-order chi connectivity index (χ1) is 22.3. The first kappa shape index (κ1) is 35.2. The van der Waals surface area contributed by atoms with E-state index in [0.29, 0.717) is 12.4 Å². The molecule has 2 amide bonds. The van der Waals surface area contributed by atoms with Crippen molar-refractivity contribution in [3.05, 3.63) is 126 Å². The highest BCUT2D eigenvalue weighted by Crippen LogP contribution is 2.27. The van der Waals surface area contributed by atoms with Gasteiger partial charge >= 0.3 is 0 Å². The highest BCUT2D eigenvalue weighted by atomic mass is 32.2. The quantitative estimate of drug-likeness (QED) is 0.182. The second-order valence-electron chi connectivity index (χ2n) is 12.3. The topological polar surface area (TPSA) is 96.0 Å². The average Bonchev–Trinajstić information content (AvgIpc) is 3.02. The Bertz CT molecular complexity index is 1760. The van der Waals surface area contributed by atoms with E-state index in [-0.39, 0.29) is 29.1 Å². The SMILES string of the molecule is CCOc1ccc(N(CC(=O)N(Cc2ccccc2F)C(Cc2ccccc2)C(=O)NC(C)(C)C)S(=O)(=O)c2ccc(C)cc2)cc1. The maximum atomic E-state index is 15.1. The van der Waals surface area contributed by atoms with E-state index in [1.807, 2.05) is 65.0 Å². The fourth-order valence-electron chi connectivity index (χ4n) is 5.06. The van der Waals surface area contributed by atoms with E-state index in [9.17, 15) is 18.0 Å². The number of hydrogen-bond acceptors (Lipinski definition) is 5. The molecule has 0 saturated heterocycles. The lowest BCUT2D eigenvalue weighted by Crippen LogP contribution is -2.56. The lowest BCUT2D eigenvalue weighted by atomic mass is 10.0. The molecule has 248 valence electrons. The van der Waals surface area contributed by atoms with Crippen LogP contribution in [0.5, 0.6) is 5.75 Å². The van der Waals surface area contributed by atoms with Crippen molar-refractivity contribution in [2.45, 2.75) is 64.1 Å². The number of hydrogen-bond donors (Lipinski definition) is 1. The summed E-state index contributed by atoms with van der Waals surface area (Å²) in [5.41, 5.74) is 1.44. The third kappa shape index (κ3) is 9.42. The molecule has 4 aromatic carbocycles. The number of aryl methyl sites for hydroxylation is 1. The van der Waals surface area contributed by atoms with Gasteiger partial charge in [0.2, 0.25) is 11.8 Å². The molecule has 0 aromatic heterocycles. The van der Waals surface area contributed by atoms with Crippen LogP contribution in [-0.4, -0.2) is 49.9 Å². The number of halogens is 1. The summed E-state index contributed by atoms with van der Waals surface area (Å²) in [6, 6.07) is 26.9. The van der Waals surface area contributed by atoms with Crippen molar-refractivity contribution < 1.29 is 27.1 Å². The molecule has 0 bridgehead atoms. The van der Waals surface area contributed by atoms with Crippen molar-refractivity contribution in [1.82, 2.24) is 10.2 Å². The Morgan fingerprint density at radius 2 is 1.49 bits per heavy atom. The summed E-state index contributed by atoms with van der Waals surface area (Å²) < 4.78 is 50.0. The number of benzene rings is 4. The van der Waals surface area contributed by atoms with Crippen LogP contribution in [-0.2, 0) is 32.6 Å². The summed E-state index contributed by atoms with van der Waals surface area (Å²) in [6.07, 6.45) is 0.122. The molecule has 4 aromatic rings. The van der Waals surface area contributed by atoms with Gasteiger partial charge < -0.3 is 15.0 Å². The number of sulfonamides is 1.